The number of benzene rings is 2. The third-order valence-corrected chi connectivity index (χ3v) is 7.48. The molecule has 0 bridgehead atoms. The van der Waals surface area contributed by atoms with Crippen molar-refractivity contribution in [2.75, 3.05) is 19.8 Å². The summed E-state index contributed by atoms with van der Waals surface area (Å²) in [5, 5.41) is 19.1. The van der Waals surface area contributed by atoms with Crippen LogP contribution in [0.25, 0.3) is 11.1 Å². The summed E-state index contributed by atoms with van der Waals surface area (Å²) in [6.07, 6.45) is 2.14. The number of ether oxygens (including phenoxy) is 2. The van der Waals surface area contributed by atoms with Crippen LogP contribution in [0.2, 0.25) is 0 Å². The quantitative estimate of drug-likeness (QED) is 0.154. The third-order valence-electron chi connectivity index (χ3n) is 7.48. The highest BCUT2D eigenvalue weighted by atomic mass is 19.4. The molecule has 0 unspecified atom stereocenters. The Balaban J connectivity index is 1.58. The number of hydrogen-bond donors (Lipinski definition) is 2. The van der Waals surface area contributed by atoms with Crippen LogP contribution in [0.4, 0.5) is 13.2 Å². The molecule has 0 spiro atoms. The molecule has 3 rings (SSSR count). The smallest absolute Gasteiger partial charge is 0.389 e. The van der Waals surface area contributed by atoms with Crippen LogP contribution in [-0.4, -0.2) is 42.2 Å². The molecular formula is C31H39F3O5. The van der Waals surface area contributed by atoms with E-state index in [1.807, 2.05) is 6.07 Å². The summed E-state index contributed by atoms with van der Waals surface area (Å²) in [6, 6.07) is 11.6. The first-order valence-corrected chi connectivity index (χ1v) is 13.7. The Morgan fingerprint density at radius 3 is 2.38 bits per heavy atom. The van der Waals surface area contributed by atoms with Crippen molar-refractivity contribution in [3.63, 3.8) is 0 Å². The van der Waals surface area contributed by atoms with Crippen LogP contribution < -0.4 is 4.74 Å². The van der Waals surface area contributed by atoms with Crippen molar-refractivity contribution >= 4 is 5.97 Å². The first-order valence-electron chi connectivity index (χ1n) is 13.7. The molecule has 5 nitrogen and oxygen atoms in total. The molecule has 0 atom stereocenters. The molecular weight excluding hydrogens is 509 g/mol. The zero-order valence-electron chi connectivity index (χ0n) is 22.6. The van der Waals surface area contributed by atoms with Crippen molar-refractivity contribution in [3.8, 4) is 22.6 Å². The van der Waals surface area contributed by atoms with E-state index in [1.165, 1.54) is 11.1 Å². The van der Waals surface area contributed by atoms with Gasteiger partial charge in [0.1, 0.15) is 13.2 Å². The topological polar surface area (TPSA) is 76.0 Å². The number of carbonyl (C=O) groups excluding carboxylic acids is 1. The first-order chi connectivity index (χ1) is 18.6. The molecule has 8 heteroatoms. The zero-order chi connectivity index (χ0) is 28.4. The molecule has 0 amide bonds. The lowest BCUT2D eigenvalue weighted by Gasteiger charge is -2.30. The van der Waals surface area contributed by atoms with E-state index in [1.54, 1.807) is 12.1 Å². The number of halogens is 3. The molecule has 0 saturated heterocycles. The van der Waals surface area contributed by atoms with E-state index in [4.69, 9.17) is 14.6 Å². The van der Waals surface area contributed by atoms with Crippen LogP contribution in [0.1, 0.15) is 75.3 Å². The van der Waals surface area contributed by atoms with Crippen molar-refractivity contribution in [3.05, 3.63) is 59.7 Å². The number of unbranched alkanes of at least 4 members (excludes halogenated alkanes) is 1. The summed E-state index contributed by atoms with van der Waals surface area (Å²) in [5.74, 6) is 0.545. The number of phenols is 1. The number of aliphatic hydroxyl groups is 1. The van der Waals surface area contributed by atoms with Gasteiger partial charge >= 0.3 is 12.1 Å². The molecule has 0 heterocycles. The molecule has 2 N–H and O–H groups in total. The molecule has 0 radical (unpaired) electrons. The van der Waals surface area contributed by atoms with Crippen molar-refractivity contribution in [1.82, 2.24) is 0 Å². The van der Waals surface area contributed by atoms with Gasteiger partial charge in [-0.3, -0.25) is 0 Å². The molecule has 1 aliphatic rings. The lowest BCUT2D eigenvalue weighted by atomic mass is 9.75. The third kappa shape index (κ3) is 9.31. The van der Waals surface area contributed by atoms with E-state index < -0.39 is 25.2 Å². The fourth-order valence-electron chi connectivity index (χ4n) is 5.27. The fourth-order valence-corrected chi connectivity index (χ4v) is 5.27. The molecule has 1 fully saturated rings. The van der Waals surface area contributed by atoms with Crippen LogP contribution in [-0.2, 0) is 16.0 Å². The second kappa shape index (κ2) is 14.4. The van der Waals surface area contributed by atoms with Gasteiger partial charge in [-0.1, -0.05) is 50.6 Å². The number of carbonyl (C=O) groups is 1. The number of rotatable bonds is 13. The Hall–Kier alpha value is -3.00. The monoisotopic (exact) mass is 548 g/mol. The minimum atomic E-state index is -4.05. The van der Waals surface area contributed by atoms with Gasteiger partial charge < -0.3 is 19.7 Å². The fraction of sp³-hybridized carbons (Fsp3) is 0.516. The molecule has 0 aromatic heterocycles. The van der Waals surface area contributed by atoms with Crippen LogP contribution in [0.3, 0.4) is 0 Å². The number of aryl methyl sites for hydroxylation is 1. The van der Waals surface area contributed by atoms with E-state index in [2.05, 4.69) is 31.7 Å². The highest BCUT2D eigenvalue weighted by Gasteiger charge is 2.27. The van der Waals surface area contributed by atoms with Crippen LogP contribution in [0, 0.1) is 5.92 Å². The predicted octanol–water partition coefficient (Wildman–Crippen LogP) is 7.49. The van der Waals surface area contributed by atoms with E-state index in [-0.39, 0.29) is 36.7 Å². The summed E-state index contributed by atoms with van der Waals surface area (Å²) in [7, 11) is 0. The molecule has 1 aliphatic carbocycles. The largest absolute Gasteiger partial charge is 0.504 e. The van der Waals surface area contributed by atoms with Gasteiger partial charge in [-0.2, -0.15) is 13.2 Å². The summed E-state index contributed by atoms with van der Waals surface area (Å²) in [6.45, 7) is 5.05. The molecule has 39 heavy (non-hydrogen) atoms. The van der Waals surface area contributed by atoms with E-state index in [9.17, 15) is 23.1 Å². The lowest BCUT2D eigenvalue weighted by Crippen LogP contribution is -2.15. The molecule has 2 aromatic carbocycles. The molecule has 214 valence electrons. The van der Waals surface area contributed by atoms with E-state index >= 15 is 0 Å². The number of alkyl halides is 3. The van der Waals surface area contributed by atoms with E-state index in [0.29, 0.717) is 18.3 Å². The number of esters is 1. The molecule has 1 saturated carbocycles. The normalized spacial score (nSPS) is 17.6. The standard InChI is InChI=1S/C31H39F3O5/c1-3-23-18-25(26-12-14-28(36)29(19-26)38-16-17-39-30(37)21(2)20-35)11-13-27(23)24-9-7-22(8-10-24)6-4-5-15-31(32,33)34/h11-14,18-19,22,24,35-36H,2-10,15-17,20H2,1H3. The minimum absolute atomic E-state index is 0.0210. The minimum Gasteiger partial charge on any atom is -0.504 e. The van der Waals surface area contributed by atoms with Crippen LogP contribution >= 0.6 is 0 Å². The SMILES string of the molecule is C=C(CO)C(=O)OCCOc1cc(-c2ccc(C3CCC(CCCCC(F)(F)F)CC3)c(CC)c2)ccc1O. The van der Waals surface area contributed by atoms with Crippen molar-refractivity contribution in [1.29, 1.82) is 0 Å². The summed E-state index contributed by atoms with van der Waals surface area (Å²) < 4.78 is 47.7. The molecule has 0 aliphatic heterocycles. The molecule has 2 aromatic rings. The maximum Gasteiger partial charge on any atom is 0.389 e. The lowest BCUT2D eigenvalue weighted by molar-refractivity contribution is -0.140. The average molecular weight is 549 g/mol. The Morgan fingerprint density at radius 2 is 1.72 bits per heavy atom. The van der Waals surface area contributed by atoms with Gasteiger partial charge in [-0.15, -0.1) is 0 Å². The van der Waals surface area contributed by atoms with Gasteiger partial charge in [-0.25, -0.2) is 4.79 Å². The predicted molar refractivity (Wildman–Crippen MR) is 145 cm³/mol. The number of hydrogen-bond acceptors (Lipinski definition) is 5. The maximum absolute atomic E-state index is 12.4. The van der Waals surface area contributed by atoms with Gasteiger partial charge in [0.2, 0.25) is 0 Å². The second-order valence-corrected chi connectivity index (χ2v) is 10.3. The van der Waals surface area contributed by atoms with Crippen molar-refractivity contribution < 1.29 is 37.7 Å². The van der Waals surface area contributed by atoms with E-state index in [0.717, 1.165) is 49.7 Å². The second-order valence-electron chi connectivity index (χ2n) is 10.3. The highest BCUT2D eigenvalue weighted by Crippen LogP contribution is 2.41. The highest BCUT2D eigenvalue weighted by molar-refractivity contribution is 5.87. The number of aliphatic hydroxyl groups excluding tert-OH is 1. The van der Waals surface area contributed by atoms with Gasteiger partial charge in [0, 0.05) is 6.42 Å². The first kappa shape index (κ1) is 30.5. The van der Waals surface area contributed by atoms with Gasteiger partial charge in [0.25, 0.3) is 0 Å². The Kier molecular flexibility index (Phi) is 11.3. The van der Waals surface area contributed by atoms with Gasteiger partial charge in [0.15, 0.2) is 11.5 Å². The zero-order valence-corrected chi connectivity index (χ0v) is 22.6. The summed E-state index contributed by atoms with van der Waals surface area (Å²) in [4.78, 5) is 11.6. The summed E-state index contributed by atoms with van der Waals surface area (Å²) >= 11 is 0. The van der Waals surface area contributed by atoms with Crippen LogP contribution in [0.15, 0.2) is 48.6 Å². The Bertz CT molecular complexity index is 1100. The van der Waals surface area contributed by atoms with Crippen LogP contribution in [0.5, 0.6) is 11.5 Å². The van der Waals surface area contributed by atoms with Crippen molar-refractivity contribution in [2.45, 2.75) is 76.8 Å². The van der Waals surface area contributed by atoms with Gasteiger partial charge in [-0.05, 0) is 84.7 Å². The van der Waals surface area contributed by atoms with Crippen molar-refractivity contribution in [2.24, 2.45) is 5.92 Å². The summed E-state index contributed by atoms with van der Waals surface area (Å²) in [5.41, 5.74) is 4.47. The number of phenolic OH excluding ortho intramolecular Hbond substituents is 1. The maximum atomic E-state index is 12.4. The average Bonchev–Trinajstić information content (AvgIpc) is 2.93. The Labute approximate surface area is 228 Å². The Morgan fingerprint density at radius 1 is 1.03 bits per heavy atom. The van der Waals surface area contributed by atoms with Gasteiger partial charge in [0.05, 0.1) is 12.2 Å². The number of aromatic hydroxyl groups is 1.